The zero-order valence-corrected chi connectivity index (χ0v) is 11.4. The molecule has 18 heavy (non-hydrogen) atoms. The summed E-state index contributed by atoms with van der Waals surface area (Å²) in [5.41, 5.74) is 0.450. The van der Waals surface area contributed by atoms with Gasteiger partial charge in [0.05, 0.1) is 14.2 Å². The fourth-order valence-corrected chi connectivity index (χ4v) is 1.64. The summed E-state index contributed by atoms with van der Waals surface area (Å²) < 4.78 is 10.4. The Hall–Kier alpha value is -1.71. The predicted molar refractivity (Wildman–Crippen MR) is 71.3 cm³/mol. The second-order valence-electron chi connectivity index (χ2n) is 4.48. The minimum Gasteiger partial charge on any atom is -0.496 e. The van der Waals surface area contributed by atoms with Gasteiger partial charge in [-0.1, -0.05) is 19.9 Å². The summed E-state index contributed by atoms with van der Waals surface area (Å²) in [7, 11) is 3.08. The van der Waals surface area contributed by atoms with E-state index in [1.54, 1.807) is 32.4 Å². The topological polar surface area (TPSA) is 47.6 Å². The largest absolute Gasteiger partial charge is 0.496 e. The van der Waals surface area contributed by atoms with Crippen LogP contribution in [0.4, 0.5) is 0 Å². The third-order valence-corrected chi connectivity index (χ3v) is 2.66. The maximum absolute atomic E-state index is 12.1. The second kappa shape index (κ2) is 6.89. The molecule has 100 valence electrons. The number of hydrogen-bond acceptors (Lipinski definition) is 3. The summed E-state index contributed by atoms with van der Waals surface area (Å²) >= 11 is 0. The lowest BCUT2D eigenvalue weighted by Crippen LogP contribution is -2.26. The molecular weight excluding hydrogens is 230 g/mol. The molecule has 1 aromatic carbocycles. The van der Waals surface area contributed by atoms with Gasteiger partial charge in [0.1, 0.15) is 17.1 Å². The molecule has 1 aromatic rings. The Morgan fingerprint density at radius 1 is 1.22 bits per heavy atom. The summed E-state index contributed by atoms with van der Waals surface area (Å²) in [6.07, 6.45) is 0.948. The Balaban J connectivity index is 2.83. The van der Waals surface area contributed by atoms with Crippen molar-refractivity contribution in [2.75, 3.05) is 20.8 Å². The maximum atomic E-state index is 12.1. The van der Waals surface area contributed by atoms with Crippen molar-refractivity contribution >= 4 is 5.91 Å². The Kier molecular flexibility index (Phi) is 5.49. The molecule has 0 heterocycles. The van der Waals surface area contributed by atoms with Crippen molar-refractivity contribution in [3.8, 4) is 11.5 Å². The van der Waals surface area contributed by atoms with E-state index in [2.05, 4.69) is 19.2 Å². The first-order valence-electron chi connectivity index (χ1n) is 6.09. The first-order valence-corrected chi connectivity index (χ1v) is 6.09. The standard InChI is InChI=1S/C14H21NO3/c1-10(2)8-9-15-14(16)13-11(17-3)6-5-7-12(13)18-4/h5-7,10H,8-9H2,1-4H3,(H,15,16). The SMILES string of the molecule is COc1cccc(OC)c1C(=O)NCCC(C)C. The first kappa shape index (κ1) is 14.4. The van der Waals surface area contributed by atoms with Crippen molar-refractivity contribution in [2.45, 2.75) is 20.3 Å². The molecule has 0 aliphatic rings. The van der Waals surface area contributed by atoms with E-state index in [1.165, 1.54) is 0 Å². The van der Waals surface area contributed by atoms with Crippen molar-refractivity contribution in [1.29, 1.82) is 0 Å². The highest BCUT2D eigenvalue weighted by molar-refractivity contribution is 5.99. The maximum Gasteiger partial charge on any atom is 0.258 e. The molecule has 0 spiro atoms. The Labute approximate surface area is 108 Å². The van der Waals surface area contributed by atoms with Crippen LogP contribution in [0.1, 0.15) is 30.6 Å². The predicted octanol–water partition coefficient (Wildman–Crippen LogP) is 2.48. The average molecular weight is 251 g/mol. The van der Waals surface area contributed by atoms with Gasteiger partial charge in [0, 0.05) is 6.54 Å². The van der Waals surface area contributed by atoms with E-state index in [9.17, 15) is 4.79 Å². The summed E-state index contributed by atoms with van der Waals surface area (Å²) in [4.78, 5) is 12.1. The molecule has 0 saturated heterocycles. The smallest absolute Gasteiger partial charge is 0.258 e. The lowest BCUT2D eigenvalue weighted by Gasteiger charge is -2.13. The van der Waals surface area contributed by atoms with Gasteiger partial charge in [0.2, 0.25) is 0 Å². The van der Waals surface area contributed by atoms with Crippen LogP contribution in [-0.2, 0) is 0 Å². The van der Waals surface area contributed by atoms with E-state index >= 15 is 0 Å². The first-order chi connectivity index (χ1) is 8.60. The van der Waals surface area contributed by atoms with Crippen molar-refractivity contribution in [3.63, 3.8) is 0 Å². The second-order valence-corrected chi connectivity index (χ2v) is 4.48. The molecule has 0 bridgehead atoms. The van der Waals surface area contributed by atoms with Gasteiger partial charge in [-0.3, -0.25) is 4.79 Å². The number of carbonyl (C=O) groups excluding carboxylic acids is 1. The molecule has 0 radical (unpaired) electrons. The molecule has 0 aliphatic heterocycles. The van der Waals surface area contributed by atoms with E-state index in [4.69, 9.17) is 9.47 Å². The average Bonchev–Trinajstić information content (AvgIpc) is 2.36. The van der Waals surface area contributed by atoms with E-state index in [0.717, 1.165) is 6.42 Å². The minimum absolute atomic E-state index is 0.162. The third-order valence-electron chi connectivity index (χ3n) is 2.66. The van der Waals surface area contributed by atoms with Gasteiger partial charge >= 0.3 is 0 Å². The van der Waals surface area contributed by atoms with Crippen LogP contribution in [0.25, 0.3) is 0 Å². The van der Waals surface area contributed by atoms with Crippen LogP contribution in [0.3, 0.4) is 0 Å². The number of nitrogens with one attached hydrogen (secondary N) is 1. The van der Waals surface area contributed by atoms with Crippen LogP contribution in [0.5, 0.6) is 11.5 Å². The van der Waals surface area contributed by atoms with Crippen molar-refractivity contribution in [2.24, 2.45) is 5.92 Å². The molecule has 0 unspecified atom stereocenters. The van der Waals surface area contributed by atoms with Crippen LogP contribution >= 0.6 is 0 Å². The number of amides is 1. The highest BCUT2D eigenvalue weighted by Crippen LogP contribution is 2.27. The Morgan fingerprint density at radius 2 is 1.78 bits per heavy atom. The molecule has 1 rings (SSSR count). The minimum atomic E-state index is -0.162. The zero-order chi connectivity index (χ0) is 13.5. The lowest BCUT2D eigenvalue weighted by molar-refractivity contribution is 0.0945. The summed E-state index contributed by atoms with van der Waals surface area (Å²) in [6, 6.07) is 5.29. The number of ether oxygens (including phenoxy) is 2. The van der Waals surface area contributed by atoms with Gasteiger partial charge in [0.25, 0.3) is 5.91 Å². The summed E-state index contributed by atoms with van der Waals surface area (Å²) in [5, 5.41) is 2.88. The summed E-state index contributed by atoms with van der Waals surface area (Å²) in [6.45, 7) is 4.89. The van der Waals surface area contributed by atoms with Crippen molar-refractivity contribution < 1.29 is 14.3 Å². The van der Waals surface area contributed by atoms with Gasteiger partial charge in [-0.05, 0) is 24.5 Å². The zero-order valence-electron chi connectivity index (χ0n) is 11.4. The van der Waals surface area contributed by atoms with E-state index in [-0.39, 0.29) is 5.91 Å². The highest BCUT2D eigenvalue weighted by Gasteiger charge is 2.17. The molecule has 0 aromatic heterocycles. The van der Waals surface area contributed by atoms with Crippen molar-refractivity contribution in [1.82, 2.24) is 5.32 Å². The van der Waals surface area contributed by atoms with Gasteiger partial charge in [-0.15, -0.1) is 0 Å². The van der Waals surface area contributed by atoms with Gasteiger partial charge in [-0.2, -0.15) is 0 Å². The lowest BCUT2D eigenvalue weighted by atomic mass is 10.1. The molecule has 0 aliphatic carbocycles. The van der Waals surface area contributed by atoms with Crippen LogP contribution in [0, 0.1) is 5.92 Å². The van der Waals surface area contributed by atoms with E-state index in [1.807, 2.05) is 0 Å². The fourth-order valence-electron chi connectivity index (χ4n) is 1.64. The van der Waals surface area contributed by atoms with Crippen molar-refractivity contribution in [3.05, 3.63) is 23.8 Å². The highest BCUT2D eigenvalue weighted by atomic mass is 16.5. The van der Waals surface area contributed by atoms with Crippen LogP contribution in [-0.4, -0.2) is 26.7 Å². The summed E-state index contributed by atoms with van der Waals surface area (Å²) in [5.74, 6) is 1.45. The van der Waals surface area contributed by atoms with Gasteiger partial charge in [-0.25, -0.2) is 0 Å². The monoisotopic (exact) mass is 251 g/mol. The molecule has 1 N–H and O–H groups in total. The number of hydrogen-bond donors (Lipinski definition) is 1. The quantitative estimate of drug-likeness (QED) is 0.845. The molecule has 4 heteroatoms. The number of rotatable bonds is 6. The number of methoxy groups -OCH3 is 2. The van der Waals surface area contributed by atoms with Gasteiger partial charge in [0.15, 0.2) is 0 Å². The molecule has 1 amide bonds. The Morgan fingerprint density at radius 3 is 2.22 bits per heavy atom. The van der Waals surface area contributed by atoms with Crippen LogP contribution < -0.4 is 14.8 Å². The van der Waals surface area contributed by atoms with E-state index < -0.39 is 0 Å². The third kappa shape index (κ3) is 3.65. The molecule has 0 saturated carbocycles. The molecule has 0 fully saturated rings. The Bertz CT molecular complexity index is 380. The van der Waals surface area contributed by atoms with Crippen LogP contribution in [0.2, 0.25) is 0 Å². The van der Waals surface area contributed by atoms with Crippen LogP contribution in [0.15, 0.2) is 18.2 Å². The fraction of sp³-hybridized carbons (Fsp3) is 0.500. The molecule has 0 atom stereocenters. The van der Waals surface area contributed by atoms with Gasteiger partial charge < -0.3 is 14.8 Å². The number of benzene rings is 1. The molecular formula is C14H21NO3. The molecule has 4 nitrogen and oxygen atoms in total. The number of carbonyl (C=O) groups is 1. The normalized spacial score (nSPS) is 10.3. The van der Waals surface area contributed by atoms with E-state index in [0.29, 0.717) is 29.5 Å².